The number of carbonyl (C=O) groups is 2. The predicted molar refractivity (Wildman–Crippen MR) is 132 cm³/mol. The van der Waals surface area contributed by atoms with Gasteiger partial charge in [-0.05, 0) is 70.1 Å². The molecule has 176 valence electrons. The molecule has 1 aromatic carbocycles. The van der Waals surface area contributed by atoms with E-state index in [1.807, 2.05) is 55.7 Å². The van der Waals surface area contributed by atoms with Crippen LogP contribution in [0.5, 0.6) is 0 Å². The molecule has 2 aromatic rings. The number of amides is 3. The van der Waals surface area contributed by atoms with Gasteiger partial charge in [0.1, 0.15) is 0 Å². The van der Waals surface area contributed by atoms with E-state index in [-0.39, 0.29) is 17.4 Å². The molecule has 2 fully saturated rings. The first-order valence-corrected chi connectivity index (χ1v) is 12.6. The number of urea groups is 1. The van der Waals surface area contributed by atoms with Crippen LogP contribution in [0.25, 0.3) is 0 Å². The monoisotopic (exact) mass is 467 g/mol. The Labute approximate surface area is 200 Å². The minimum atomic E-state index is -0.0346. The summed E-state index contributed by atoms with van der Waals surface area (Å²) < 4.78 is 0. The summed E-state index contributed by atoms with van der Waals surface area (Å²) in [6.45, 7) is 11.0. The summed E-state index contributed by atoms with van der Waals surface area (Å²) in [5.74, 6) is 0.512. The molecule has 1 aromatic heterocycles. The summed E-state index contributed by atoms with van der Waals surface area (Å²) in [4.78, 5) is 38.3. The van der Waals surface area contributed by atoms with Crippen LogP contribution in [0.3, 0.4) is 0 Å². The Morgan fingerprint density at radius 3 is 2.24 bits per heavy atom. The lowest BCUT2D eigenvalue weighted by Crippen LogP contribution is -2.46. The molecule has 3 heterocycles. The van der Waals surface area contributed by atoms with Gasteiger partial charge in [0.05, 0.1) is 5.75 Å². The third-order valence-electron chi connectivity index (χ3n) is 6.81. The summed E-state index contributed by atoms with van der Waals surface area (Å²) in [6.07, 6.45) is 2.88. The van der Waals surface area contributed by atoms with Crippen molar-refractivity contribution in [2.24, 2.45) is 5.41 Å². The highest BCUT2D eigenvalue weighted by Gasteiger charge is 2.42. The average molecular weight is 468 g/mol. The maximum atomic E-state index is 12.8. The smallest absolute Gasteiger partial charge is 0.321 e. The number of nitrogens with zero attached hydrogens (tertiary/aromatic N) is 4. The molecule has 0 unspecified atom stereocenters. The lowest BCUT2D eigenvalue weighted by Gasteiger charge is -2.39. The maximum absolute atomic E-state index is 12.8. The van der Waals surface area contributed by atoms with Crippen LogP contribution >= 0.6 is 11.8 Å². The van der Waals surface area contributed by atoms with Gasteiger partial charge >= 0.3 is 6.03 Å². The van der Waals surface area contributed by atoms with Crippen LogP contribution in [-0.2, 0) is 4.79 Å². The molecule has 0 radical (unpaired) electrons. The van der Waals surface area contributed by atoms with Crippen LogP contribution in [0.2, 0.25) is 0 Å². The van der Waals surface area contributed by atoms with E-state index < -0.39 is 0 Å². The molecule has 2 saturated heterocycles. The Morgan fingerprint density at radius 2 is 1.61 bits per heavy atom. The van der Waals surface area contributed by atoms with E-state index in [0.29, 0.717) is 10.9 Å². The Bertz CT molecular complexity index is 1030. The molecule has 8 heteroatoms. The Kier molecular flexibility index (Phi) is 6.93. The standard InChI is InChI=1S/C25H33N5O2S/c1-17-5-6-21(18(2)13-17)28-24(32)29-10-7-25(8-11-29)9-12-30(16-25)22(31)15-33-23-26-19(3)14-20(4)27-23/h5-6,13-14H,7-12,15-16H2,1-4H3,(H,28,32). The van der Waals surface area contributed by atoms with Gasteiger partial charge < -0.3 is 15.1 Å². The first-order chi connectivity index (χ1) is 15.7. The van der Waals surface area contributed by atoms with Gasteiger partial charge in [-0.25, -0.2) is 14.8 Å². The second-order valence-electron chi connectivity index (χ2n) is 9.52. The molecule has 0 saturated carbocycles. The third kappa shape index (κ3) is 5.66. The number of aryl methyl sites for hydroxylation is 4. The summed E-state index contributed by atoms with van der Waals surface area (Å²) in [6, 6.07) is 7.96. The number of thioether (sulfide) groups is 1. The molecule has 4 rings (SSSR count). The van der Waals surface area contributed by atoms with Crippen LogP contribution in [0, 0.1) is 33.1 Å². The first-order valence-electron chi connectivity index (χ1n) is 11.6. The molecule has 0 atom stereocenters. The van der Waals surface area contributed by atoms with Crippen molar-refractivity contribution in [2.45, 2.75) is 52.1 Å². The van der Waals surface area contributed by atoms with Gasteiger partial charge in [-0.2, -0.15) is 0 Å². The number of piperidine rings is 1. The minimum absolute atomic E-state index is 0.0346. The fraction of sp³-hybridized carbons (Fsp3) is 0.520. The van der Waals surface area contributed by atoms with Crippen molar-refractivity contribution in [1.29, 1.82) is 0 Å². The molecule has 0 bridgehead atoms. The molecule has 33 heavy (non-hydrogen) atoms. The lowest BCUT2D eigenvalue weighted by molar-refractivity contribution is -0.127. The molecular weight excluding hydrogens is 434 g/mol. The van der Waals surface area contributed by atoms with Crippen molar-refractivity contribution in [3.05, 3.63) is 46.8 Å². The van der Waals surface area contributed by atoms with Crippen LogP contribution in [0.15, 0.2) is 29.4 Å². The van der Waals surface area contributed by atoms with Crippen LogP contribution in [0.4, 0.5) is 10.5 Å². The van der Waals surface area contributed by atoms with Crippen LogP contribution < -0.4 is 5.32 Å². The molecular formula is C25H33N5O2S. The van der Waals surface area contributed by atoms with Gasteiger partial charge in [0.15, 0.2) is 5.16 Å². The molecule has 2 aliphatic rings. The van der Waals surface area contributed by atoms with Crippen molar-refractivity contribution in [1.82, 2.24) is 19.8 Å². The second-order valence-corrected chi connectivity index (χ2v) is 10.5. The van der Waals surface area contributed by atoms with Crippen LogP contribution in [0.1, 0.15) is 41.8 Å². The molecule has 1 N–H and O–H groups in total. The van der Waals surface area contributed by atoms with Gasteiger partial charge in [-0.1, -0.05) is 29.5 Å². The molecule has 3 amide bonds. The summed E-state index contributed by atoms with van der Waals surface area (Å²) in [7, 11) is 0. The number of nitrogens with one attached hydrogen (secondary N) is 1. The van der Waals surface area contributed by atoms with Crippen molar-refractivity contribution >= 4 is 29.4 Å². The van der Waals surface area contributed by atoms with E-state index in [2.05, 4.69) is 21.4 Å². The number of hydrogen-bond donors (Lipinski definition) is 1. The topological polar surface area (TPSA) is 78.4 Å². The second kappa shape index (κ2) is 9.71. The first kappa shape index (κ1) is 23.5. The van der Waals surface area contributed by atoms with Gasteiger partial charge in [0.2, 0.25) is 5.91 Å². The zero-order chi connectivity index (χ0) is 23.6. The molecule has 7 nitrogen and oxygen atoms in total. The highest BCUT2D eigenvalue weighted by molar-refractivity contribution is 7.99. The molecule has 1 spiro atoms. The van der Waals surface area contributed by atoms with Gasteiger partial charge in [0.25, 0.3) is 0 Å². The number of anilines is 1. The van der Waals surface area contributed by atoms with Crippen molar-refractivity contribution in [3.63, 3.8) is 0 Å². The van der Waals surface area contributed by atoms with Gasteiger partial charge in [-0.3, -0.25) is 4.79 Å². The summed E-state index contributed by atoms with van der Waals surface area (Å²) >= 11 is 1.41. The Hall–Kier alpha value is -2.61. The lowest BCUT2D eigenvalue weighted by atomic mass is 9.78. The fourth-order valence-corrected chi connectivity index (χ4v) is 5.72. The van der Waals surface area contributed by atoms with E-state index in [0.717, 1.165) is 68.1 Å². The Morgan fingerprint density at radius 1 is 0.970 bits per heavy atom. The van der Waals surface area contributed by atoms with E-state index in [1.165, 1.54) is 17.3 Å². The zero-order valence-corrected chi connectivity index (χ0v) is 20.8. The number of benzene rings is 1. The van der Waals surface area contributed by atoms with Gasteiger partial charge in [-0.15, -0.1) is 0 Å². The quantitative estimate of drug-likeness (QED) is 0.534. The van der Waals surface area contributed by atoms with Crippen molar-refractivity contribution in [2.75, 3.05) is 37.2 Å². The normalized spacial score (nSPS) is 17.5. The van der Waals surface area contributed by atoms with Crippen molar-refractivity contribution in [3.8, 4) is 0 Å². The summed E-state index contributed by atoms with van der Waals surface area (Å²) in [5, 5.41) is 3.73. The minimum Gasteiger partial charge on any atom is -0.341 e. The third-order valence-corrected chi connectivity index (χ3v) is 7.64. The average Bonchev–Trinajstić information content (AvgIpc) is 3.17. The van der Waals surface area contributed by atoms with E-state index >= 15 is 0 Å². The molecule has 0 aliphatic carbocycles. The Balaban J connectivity index is 1.26. The van der Waals surface area contributed by atoms with E-state index in [1.54, 1.807) is 0 Å². The summed E-state index contributed by atoms with van der Waals surface area (Å²) in [5.41, 5.74) is 5.11. The maximum Gasteiger partial charge on any atom is 0.321 e. The number of carbonyl (C=O) groups excluding carboxylic acids is 2. The predicted octanol–water partition coefficient (Wildman–Crippen LogP) is 4.35. The number of hydrogen-bond acceptors (Lipinski definition) is 5. The fourth-order valence-electron chi connectivity index (χ4n) is 4.86. The zero-order valence-electron chi connectivity index (χ0n) is 20.0. The highest BCUT2D eigenvalue weighted by atomic mass is 32.2. The SMILES string of the molecule is Cc1ccc(NC(=O)N2CCC3(CCN(C(=O)CSc4nc(C)cc(C)n4)C3)CC2)c(C)c1. The van der Waals surface area contributed by atoms with E-state index in [9.17, 15) is 9.59 Å². The number of likely N-dealkylation sites (tertiary alicyclic amines) is 2. The van der Waals surface area contributed by atoms with Crippen LogP contribution in [-0.4, -0.2) is 63.6 Å². The largest absolute Gasteiger partial charge is 0.341 e. The number of aromatic nitrogens is 2. The highest BCUT2D eigenvalue weighted by Crippen LogP contribution is 2.40. The number of rotatable bonds is 4. The van der Waals surface area contributed by atoms with Gasteiger partial charge in [0, 0.05) is 43.3 Å². The van der Waals surface area contributed by atoms with Crippen molar-refractivity contribution < 1.29 is 9.59 Å². The van der Waals surface area contributed by atoms with E-state index in [4.69, 9.17) is 0 Å². The molecule has 2 aliphatic heterocycles.